The summed E-state index contributed by atoms with van der Waals surface area (Å²) in [5.74, 6) is -0.600. The molecule has 6 heteroatoms. The Balaban J connectivity index is 3.74. The maximum absolute atomic E-state index is 12.6. The van der Waals surface area contributed by atoms with Crippen molar-refractivity contribution in [1.82, 2.24) is 5.32 Å². The number of carbonyl (C=O) groups excluding carboxylic acids is 1. The van der Waals surface area contributed by atoms with Crippen molar-refractivity contribution in [2.75, 3.05) is 6.61 Å². The maximum Gasteiger partial charge on any atom is 0.249 e. The number of nitrogens with one attached hydrogen (secondary N) is 1. The van der Waals surface area contributed by atoms with Crippen LogP contribution in [0.1, 0.15) is 264 Å². The second-order valence-electron chi connectivity index (χ2n) is 17.8. The second-order valence-corrected chi connectivity index (χ2v) is 17.8. The van der Waals surface area contributed by atoms with Gasteiger partial charge in [0.2, 0.25) is 5.91 Å². The molecule has 0 aliphatic rings. The van der Waals surface area contributed by atoms with Crippen LogP contribution in [0.15, 0.2) is 36.5 Å². The van der Waals surface area contributed by atoms with Gasteiger partial charge < -0.3 is 25.7 Å². The number of amides is 1. The summed E-state index contributed by atoms with van der Waals surface area (Å²) in [5.41, 5.74) is 0. The second kappa shape index (κ2) is 47.6. The van der Waals surface area contributed by atoms with Gasteiger partial charge in [0.25, 0.3) is 0 Å². The molecule has 4 unspecified atom stereocenters. The summed E-state index contributed by atoms with van der Waals surface area (Å²) >= 11 is 0. The first-order valence-corrected chi connectivity index (χ1v) is 25.9. The van der Waals surface area contributed by atoms with Crippen LogP contribution in [0.4, 0.5) is 0 Å². The largest absolute Gasteiger partial charge is 0.394 e. The molecule has 5 N–H and O–H groups in total. The van der Waals surface area contributed by atoms with Crippen LogP contribution in [0, 0.1) is 0 Å². The molecule has 0 heterocycles. The van der Waals surface area contributed by atoms with E-state index in [0.29, 0.717) is 19.3 Å². The summed E-state index contributed by atoms with van der Waals surface area (Å²) in [6.07, 6.45) is 57.7. The Labute approximate surface area is 367 Å². The summed E-state index contributed by atoms with van der Waals surface area (Å²) in [6.45, 7) is 4.06. The lowest BCUT2D eigenvalue weighted by Crippen LogP contribution is -2.53. The minimum absolute atomic E-state index is 0.353. The van der Waals surface area contributed by atoms with Gasteiger partial charge in [0, 0.05) is 0 Å². The van der Waals surface area contributed by atoms with Gasteiger partial charge in [-0.05, 0) is 77.0 Å². The first-order chi connectivity index (χ1) is 29.0. The van der Waals surface area contributed by atoms with Crippen molar-refractivity contribution in [3.05, 3.63) is 36.5 Å². The van der Waals surface area contributed by atoms with Crippen LogP contribution < -0.4 is 5.32 Å². The number of aliphatic hydroxyl groups is 4. The Bertz CT molecular complexity index is 935. The van der Waals surface area contributed by atoms with Crippen molar-refractivity contribution in [1.29, 1.82) is 0 Å². The van der Waals surface area contributed by atoms with Gasteiger partial charge in [-0.3, -0.25) is 4.79 Å². The fourth-order valence-corrected chi connectivity index (χ4v) is 7.95. The van der Waals surface area contributed by atoms with E-state index < -0.39 is 36.9 Å². The normalized spacial score (nSPS) is 14.2. The zero-order valence-corrected chi connectivity index (χ0v) is 39.3. The highest BCUT2D eigenvalue weighted by molar-refractivity contribution is 5.80. The van der Waals surface area contributed by atoms with E-state index in [-0.39, 0.29) is 0 Å². The maximum atomic E-state index is 12.6. The number of unbranched alkanes of at least 4 members (excludes halogenated alkanes) is 32. The minimum atomic E-state index is -1.29. The third-order valence-corrected chi connectivity index (χ3v) is 12.1. The molecular weight excluding hydrogens is 731 g/mol. The fourth-order valence-electron chi connectivity index (χ4n) is 7.95. The molecule has 348 valence electrons. The quantitative estimate of drug-likeness (QED) is 0.0310. The SMILES string of the molecule is CCCCCCCCCCCC/C=C\CCCCCCCCC(O)C(=O)NC(CO)C(O)C(O)CCC/C=C/CC/C=C/CCCCCCCCCCCCCCCC. The first kappa shape index (κ1) is 57.5. The average Bonchev–Trinajstić information content (AvgIpc) is 3.24. The van der Waals surface area contributed by atoms with Crippen molar-refractivity contribution in [3.63, 3.8) is 0 Å². The van der Waals surface area contributed by atoms with Gasteiger partial charge in [-0.15, -0.1) is 0 Å². The lowest BCUT2D eigenvalue weighted by Gasteiger charge is -2.27. The van der Waals surface area contributed by atoms with Gasteiger partial charge in [0.05, 0.1) is 18.8 Å². The number of allylic oxidation sites excluding steroid dienone is 6. The van der Waals surface area contributed by atoms with Crippen molar-refractivity contribution < 1.29 is 25.2 Å². The van der Waals surface area contributed by atoms with Gasteiger partial charge in [-0.2, -0.15) is 0 Å². The smallest absolute Gasteiger partial charge is 0.249 e. The standard InChI is InChI=1S/C53H101NO5/c1-3-5-7-9-11-13-15-17-19-21-23-25-26-27-29-30-32-34-36-38-40-42-44-46-50(56)52(58)49(48-55)54-53(59)51(57)47-45-43-41-39-37-35-33-31-28-24-22-20-18-16-14-12-10-8-6-4-2/h28,30-32,38,40,49-52,55-58H,3-27,29,33-37,39,41-48H2,1-2H3,(H,54,59)/b31-28-,32-30+,40-38+. The van der Waals surface area contributed by atoms with Crippen LogP contribution >= 0.6 is 0 Å². The topological polar surface area (TPSA) is 110 Å². The molecule has 0 aromatic heterocycles. The molecule has 0 fully saturated rings. The molecule has 59 heavy (non-hydrogen) atoms. The van der Waals surface area contributed by atoms with Crippen LogP contribution in [0.3, 0.4) is 0 Å². The van der Waals surface area contributed by atoms with Crippen molar-refractivity contribution in [2.24, 2.45) is 0 Å². The third-order valence-electron chi connectivity index (χ3n) is 12.1. The molecule has 0 spiro atoms. The van der Waals surface area contributed by atoms with Crippen molar-refractivity contribution >= 4 is 5.91 Å². The summed E-state index contributed by atoms with van der Waals surface area (Å²) in [6, 6.07) is -1.01. The number of hydrogen-bond acceptors (Lipinski definition) is 5. The first-order valence-electron chi connectivity index (χ1n) is 25.9. The molecule has 0 saturated carbocycles. The molecule has 0 aromatic carbocycles. The summed E-state index contributed by atoms with van der Waals surface area (Å²) < 4.78 is 0. The lowest BCUT2D eigenvalue weighted by atomic mass is 10.00. The summed E-state index contributed by atoms with van der Waals surface area (Å²) in [7, 11) is 0. The Kier molecular flexibility index (Phi) is 46.4. The molecule has 0 rings (SSSR count). The lowest BCUT2D eigenvalue weighted by molar-refractivity contribution is -0.132. The van der Waals surface area contributed by atoms with E-state index in [0.717, 1.165) is 51.4 Å². The highest BCUT2D eigenvalue weighted by atomic mass is 16.3. The zero-order valence-electron chi connectivity index (χ0n) is 39.3. The number of aliphatic hydroxyl groups excluding tert-OH is 4. The molecule has 0 aliphatic heterocycles. The van der Waals surface area contributed by atoms with E-state index in [2.05, 4.69) is 55.6 Å². The zero-order chi connectivity index (χ0) is 43.1. The van der Waals surface area contributed by atoms with E-state index in [1.165, 1.54) is 180 Å². The van der Waals surface area contributed by atoms with Crippen LogP contribution in [-0.4, -0.2) is 57.3 Å². The molecule has 0 aromatic rings. The van der Waals surface area contributed by atoms with Crippen LogP contribution in [0.2, 0.25) is 0 Å². The van der Waals surface area contributed by atoms with Gasteiger partial charge >= 0.3 is 0 Å². The van der Waals surface area contributed by atoms with Crippen LogP contribution in [-0.2, 0) is 4.79 Å². The van der Waals surface area contributed by atoms with Gasteiger partial charge in [-0.1, -0.05) is 224 Å². The highest BCUT2D eigenvalue weighted by Crippen LogP contribution is 2.16. The predicted molar refractivity (Wildman–Crippen MR) is 256 cm³/mol. The third kappa shape index (κ3) is 41.6. The van der Waals surface area contributed by atoms with Crippen molar-refractivity contribution in [3.8, 4) is 0 Å². The molecule has 0 radical (unpaired) electrons. The Hall–Kier alpha value is -1.47. The molecule has 6 nitrogen and oxygen atoms in total. The summed E-state index contributed by atoms with van der Waals surface area (Å²) in [4.78, 5) is 12.6. The Morgan fingerprint density at radius 1 is 0.407 bits per heavy atom. The van der Waals surface area contributed by atoms with E-state index in [1.807, 2.05) is 0 Å². The van der Waals surface area contributed by atoms with Gasteiger partial charge in [0.1, 0.15) is 12.2 Å². The molecule has 1 amide bonds. The minimum Gasteiger partial charge on any atom is -0.394 e. The predicted octanol–water partition coefficient (Wildman–Crippen LogP) is 14.5. The Morgan fingerprint density at radius 2 is 0.712 bits per heavy atom. The summed E-state index contributed by atoms with van der Waals surface area (Å²) in [5, 5.41) is 43.8. The van der Waals surface area contributed by atoms with E-state index >= 15 is 0 Å². The Morgan fingerprint density at radius 3 is 1.07 bits per heavy atom. The van der Waals surface area contributed by atoms with E-state index in [9.17, 15) is 25.2 Å². The monoisotopic (exact) mass is 832 g/mol. The van der Waals surface area contributed by atoms with Crippen molar-refractivity contribution in [2.45, 2.75) is 289 Å². The van der Waals surface area contributed by atoms with Gasteiger partial charge in [0.15, 0.2) is 0 Å². The molecule has 0 bridgehead atoms. The number of hydrogen-bond donors (Lipinski definition) is 5. The number of carbonyl (C=O) groups is 1. The molecule has 0 saturated heterocycles. The van der Waals surface area contributed by atoms with Crippen LogP contribution in [0.25, 0.3) is 0 Å². The number of rotatable bonds is 47. The van der Waals surface area contributed by atoms with Gasteiger partial charge in [-0.25, -0.2) is 0 Å². The molecule has 0 aliphatic carbocycles. The van der Waals surface area contributed by atoms with E-state index in [4.69, 9.17) is 0 Å². The van der Waals surface area contributed by atoms with E-state index in [1.54, 1.807) is 0 Å². The highest BCUT2D eigenvalue weighted by Gasteiger charge is 2.28. The average molecular weight is 832 g/mol. The molecular formula is C53H101NO5. The fraction of sp³-hybridized carbons (Fsp3) is 0.868. The molecule has 4 atom stereocenters. The van der Waals surface area contributed by atoms with Crippen LogP contribution in [0.5, 0.6) is 0 Å².